The second kappa shape index (κ2) is 4.11. The molecule has 100 valence electrons. The molecular formula is C16H24O2. The van der Waals surface area contributed by atoms with Gasteiger partial charge in [0.2, 0.25) is 0 Å². The molecule has 0 saturated heterocycles. The third-order valence-electron chi connectivity index (χ3n) is 5.81. The normalized spacial score (nSPS) is 42.9. The van der Waals surface area contributed by atoms with Crippen molar-refractivity contribution < 1.29 is 9.90 Å². The van der Waals surface area contributed by atoms with Crippen molar-refractivity contribution in [3.63, 3.8) is 0 Å². The van der Waals surface area contributed by atoms with Gasteiger partial charge >= 0.3 is 5.97 Å². The fourth-order valence-electron chi connectivity index (χ4n) is 5.65. The van der Waals surface area contributed by atoms with Crippen LogP contribution in [-0.4, -0.2) is 11.1 Å². The van der Waals surface area contributed by atoms with E-state index in [9.17, 15) is 9.90 Å². The number of rotatable bonds is 3. The van der Waals surface area contributed by atoms with E-state index < -0.39 is 5.97 Å². The van der Waals surface area contributed by atoms with Gasteiger partial charge in [0.15, 0.2) is 0 Å². The van der Waals surface area contributed by atoms with Gasteiger partial charge in [0.1, 0.15) is 0 Å². The second-order valence-corrected chi connectivity index (χ2v) is 6.96. The summed E-state index contributed by atoms with van der Waals surface area (Å²) in [5.41, 5.74) is 2.18. The van der Waals surface area contributed by atoms with Gasteiger partial charge in [-0.2, -0.15) is 0 Å². The average Bonchev–Trinajstić information content (AvgIpc) is 2.27. The van der Waals surface area contributed by atoms with Crippen LogP contribution in [0.1, 0.15) is 58.8 Å². The van der Waals surface area contributed by atoms with E-state index in [0.29, 0.717) is 5.57 Å². The molecule has 0 radical (unpaired) electrons. The highest BCUT2D eigenvalue weighted by molar-refractivity contribution is 5.87. The molecule has 1 N–H and O–H groups in total. The van der Waals surface area contributed by atoms with Gasteiger partial charge in [-0.05, 0) is 75.0 Å². The van der Waals surface area contributed by atoms with Gasteiger partial charge in [-0.25, -0.2) is 4.79 Å². The molecule has 0 unspecified atom stereocenters. The smallest absolute Gasteiger partial charge is 0.331 e. The minimum atomic E-state index is -0.706. The summed E-state index contributed by atoms with van der Waals surface area (Å²) in [4.78, 5) is 11.3. The van der Waals surface area contributed by atoms with Crippen molar-refractivity contribution in [3.05, 3.63) is 11.1 Å². The first kappa shape index (κ1) is 12.3. The zero-order chi connectivity index (χ0) is 12.9. The zero-order valence-corrected chi connectivity index (χ0v) is 11.5. The first-order valence-corrected chi connectivity index (χ1v) is 7.47. The molecule has 4 fully saturated rings. The van der Waals surface area contributed by atoms with Gasteiger partial charge in [0, 0.05) is 5.57 Å². The van der Waals surface area contributed by atoms with Crippen LogP contribution in [0.15, 0.2) is 11.1 Å². The fourth-order valence-corrected chi connectivity index (χ4v) is 5.65. The van der Waals surface area contributed by atoms with Gasteiger partial charge in [-0.1, -0.05) is 12.5 Å². The van der Waals surface area contributed by atoms with E-state index in [4.69, 9.17) is 0 Å². The highest BCUT2D eigenvalue weighted by atomic mass is 16.4. The molecule has 0 atom stereocenters. The third kappa shape index (κ3) is 1.72. The number of allylic oxidation sites excluding steroid dienone is 1. The predicted molar refractivity (Wildman–Crippen MR) is 71.2 cm³/mol. The zero-order valence-electron chi connectivity index (χ0n) is 11.5. The van der Waals surface area contributed by atoms with E-state index in [2.05, 4.69) is 6.92 Å². The Hall–Kier alpha value is -0.790. The van der Waals surface area contributed by atoms with Crippen molar-refractivity contribution in [2.24, 2.45) is 23.2 Å². The van der Waals surface area contributed by atoms with Crippen LogP contribution >= 0.6 is 0 Å². The molecule has 4 saturated carbocycles. The Balaban J connectivity index is 1.99. The van der Waals surface area contributed by atoms with E-state index in [0.717, 1.165) is 24.2 Å². The van der Waals surface area contributed by atoms with Crippen molar-refractivity contribution in [3.8, 4) is 0 Å². The summed E-state index contributed by atoms with van der Waals surface area (Å²) >= 11 is 0. The van der Waals surface area contributed by atoms with Crippen molar-refractivity contribution >= 4 is 5.97 Å². The minimum absolute atomic E-state index is 0.270. The van der Waals surface area contributed by atoms with Gasteiger partial charge in [0.05, 0.1) is 0 Å². The number of carboxylic acid groups (broad SMARTS) is 1. The minimum Gasteiger partial charge on any atom is -0.478 e. The molecule has 0 aromatic rings. The van der Waals surface area contributed by atoms with Crippen molar-refractivity contribution in [2.45, 2.75) is 58.8 Å². The molecule has 0 amide bonds. The Kier molecular flexibility index (Phi) is 2.80. The number of carbonyl (C=O) groups is 1. The Labute approximate surface area is 109 Å². The van der Waals surface area contributed by atoms with E-state index in [-0.39, 0.29) is 5.41 Å². The van der Waals surface area contributed by atoms with Crippen LogP contribution in [0.25, 0.3) is 0 Å². The molecule has 4 rings (SSSR count). The monoisotopic (exact) mass is 248 g/mol. The lowest BCUT2D eigenvalue weighted by atomic mass is 9.47. The average molecular weight is 248 g/mol. The fraction of sp³-hybridized carbons (Fsp3) is 0.812. The summed E-state index contributed by atoms with van der Waals surface area (Å²) in [6, 6.07) is 0. The predicted octanol–water partition coefficient (Wildman–Crippen LogP) is 4.01. The van der Waals surface area contributed by atoms with E-state index >= 15 is 0 Å². The topological polar surface area (TPSA) is 37.3 Å². The SMILES string of the molecule is CCC(=C(C)C(=O)O)C12CC3CC(CC(C3)C1)C2. The molecule has 4 aliphatic rings. The lowest BCUT2D eigenvalue weighted by Crippen LogP contribution is -2.47. The summed E-state index contributed by atoms with van der Waals surface area (Å²) in [7, 11) is 0. The molecule has 0 spiro atoms. The van der Waals surface area contributed by atoms with Crippen molar-refractivity contribution in [1.29, 1.82) is 0 Å². The molecule has 18 heavy (non-hydrogen) atoms. The molecule has 2 heteroatoms. The Morgan fingerprint density at radius 1 is 1.11 bits per heavy atom. The molecule has 0 aromatic heterocycles. The molecule has 0 aliphatic heterocycles. The summed E-state index contributed by atoms with van der Waals surface area (Å²) in [5.74, 6) is 1.96. The largest absolute Gasteiger partial charge is 0.478 e. The Bertz CT molecular complexity index is 370. The number of hydrogen-bond donors (Lipinski definition) is 1. The van der Waals surface area contributed by atoms with Gasteiger partial charge < -0.3 is 5.11 Å². The third-order valence-corrected chi connectivity index (χ3v) is 5.81. The van der Waals surface area contributed by atoms with Crippen LogP contribution < -0.4 is 0 Å². The van der Waals surface area contributed by atoms with Gasteiger partial charge in [-0.3, -0.25) is 0 Å². The molecule has 2 nitrogen and oxygen atoms in total. The number of aliphatic carboxylic acids is 1. The maximum Gasteiger partial charge on any atom is 0.331 e. The summed E-state index contributed by atoms with van der Waals surface area (Å²) < 4.78 is 0. The van der Waals surface area contributed by atoms with Crippen LogP contribution in [0.4, 0.5) is 0 Å². The summed E-state index contributed by atoms with van der Waals surface area (Å²) in [5, 5.41) is 9.33. The van der Waals surface area contributed by atoms with Crippen LogP contribution in [0.3, 0.4) is 0 Å². The van der Waals surface area contributed by atoms with Gasteiger partial charge in [-0.15, -0.1) is 0 Å². The van der Waals surface area contributed by atoms with E-state index in [1.165, 1.54) is 44.1 Å². The molecule has 4 bridgehead atoms. The first-order valence-electron chi connectivity index (χ1n) is 7.47. The molecule has 4 aliphatic carbocycles. The highest BCUT2D eigenvalue weighted by Gasteiger charge is 2.52. The summed E-state index contributed by atoms with van der Waals surface area (Å²) in [6.07, 6.45) is 8.99. The lowest BCUT2D eigenvalue weighted by Gasteiger charge is -2.58. The quantitative estimate of drug-likeness (QED) is 0.766. The maximum absolute atomic E-state index is 11.3. The standard InChI is InChI=1S/C16H24O2/c1-3-14(10(2)15(17)18)16-7-11-4-12(8-16)6-13(5-11)9-16/h11-13H,3-9H2,1-2H3,(H,17,18). The lowest BCUT2D eigenvalue weighted by molar-refractivity contribution is -0.132. The maximum atomic E-state index is 11.3. The van der Waals surface area contributed by atoms with Crippen molar-refractivity contribution in [1.82, 2.24) is 0 Å². The van der Waals surface area contributed by atoms with Crippen LogP contribution in [-0.2, 0) is 4.79 Å². The van der Waals surface area contributed by atoms with Crippen molar-refractivity contribution in [2.75, 3.05) is 0 Å². The Morgan fingerprint density at radius 3 is 1.89 bits per heavy atom. The van der Waals surface area contributed by atoms with E-state index in [1.54, 1.807) is 0 Å². The summed E-state index contributed by atoms with van der Waals surface area (Å²) in [6.45, 7) is 3.96. The number of carboxylic acids is 1. The molecular weight excluding hydrogens is 224 g/mol. The van der Waals surface area contributed by atoms with E-state index in [1.807, 2.05) is 6.92 Å². The highest BCUT2D eigenvalue weighted by Crippen LogP contribution is 2.63. The van der Waals surface area contributed by atoms with Crippen LogP contribution in [0.5, 0.6) is 0 Å². The molecule has 0 heterocycles. The number of hydrogen-bond acceptors (Lipinski definition) is 1. The Morgan fingerprint density at radius 2 is 1.56 bits per heavy atom. The van der Waals surface area contributed by atoms with Crippen LogP contribution in [0, 0.1) is 23.2 Å². The van der Waals surface area contributed by atoms with Gasteiger partial charge in [0.25, 0.3) is 0 Å². The first-order chi connectivity index (χ1) is 8.54. The van der Waals surface area contributed by atoms with Crippen LogP contribution in [0.2, 0.25) is 0 Å². The second-order valence-electron chi connectivity index (χ2n) is 6.96. The molecule has 0 aromatic carbocycles.